The van der Waals surface area contributed by atoms with Gasteiger partial charge in [0.05, 0.1) is 6.54 Å². The van der Waals surface area contributed by atoms with Gasteiger partial charge in [0.25, 0.3) is 0 Å². The molecule has 0 spiro atoms. The van der Waals surface area contributed by atoms with E-state index >= 15 is 0 Å². The first kappa shape index (κ1) is 13.6. The molecule has 0 aromatic carbocycles. The molecule has 17 heavy (non-hydrogen) atoms. The molecular weight excluding hydrogens is 224 g/mol. The monoisotopic (exact) mass is 242 g/mol. The number of hydrogen-bond acceptors (Lipinski definition) is 4. The SMILES string of the molecule is CCCCCNC1CN(C(=O)CC(=O)O)C1=O. The Morgan fingerprint density at radius 2 is 2.18 bits per heavy atom. The van der Waals surface area contributed by atoms with Crippen LogP contribution in [0.15, 0.2) is 0 Å². The van der Waals surface area contributed by atoms with Crippen LogP contribution in [0, 0.1) is 0 Å². The minimum absolute atomic E-state index is 0.289. The molecule has 1 atom stereocenters. The molecular formula is C11H18N2O4. The van der Waals surface area contributed by atoms with Crippen LogP contribution in [0.25, 0.3) is 0 Å². The fraction of sp³-hybridized carbons (Fsp3) is 0.727. The predicted molar refractivity (Wildman–Crippen MR) is 60.3 cm³/mol. The fourth-order valence-corrected chi connectivity index (χ4v) is 1.68. The van der Waals surface area contributed by atoms with Crippen LogP contribution < -0.4 is 5.32 Å². The average molecular weight is 242 g/mol. The number of aliphatic carboxylic acids is 1. The molecule has 1 saturated heterocycles. The summed E-state index contributed by atoms with van der Waals surface area (Å²) < 4.78 is 0. The molecule has 1 rings (SSSR count). The molecule has 1 unspecified atom stereocenters. The summed E-state index contributed by atoms with van der Waals surface area (Å²) in [5.41, 5.74) is 0. The van der Waals surface area contributed by atoms with E-state index < -0.39 is 18.3 Å². The van der Waals surface area contributed by atoms with Crippen LogP contribution in [0.2, 0.25) is 0 Å². The van der Waals surface area contributed by atoms with Crippen LogP contribution >= 0.6 is 0 Å². The molecule has 0 saturated carbocycles. The van der Waals surface area contributed by atoms with E-state index in [-0.39, 0.29) is 18.5 Å². The highest BCUT2D eigenvalue weighted by molar-refractivity contribution is 6.07. The van der Waals surface area contributed by atoms with Crippen LogP contribution in [0.1, 0.15) is 32.6 Å². The number of carbonyl (C=O) groups is 3. The number of amides is 2. The van der Waals surface area contributed by atoms with E-state index in [9.17, 15) is 14.4 Å². The van der Waals surface area contributed by atoms with Crippen LogP contribution in [0.3, 0.4) is 0 Å². The normalized spacial score (nSPS) is 19.0. The van der Waals surface area contributed by atoms with E-state index in [4.69, 9.17) is 5.11 Å². The smallest absolute Gasteiger partial charge is 0.312 e. The Hall–Kier alpha value is -1.43. The first-order chi connectivity index (χ1) is 8.06. The van der Waals surface area contributed by atoms with E-state index in [2.05, 4.69) is 12.2 Å². The first-order valence-electron chi connectivity index (χ1n) is 5.85. The third-order valence-electron chi connectivity index (χ3n) is 2.70. The number of carbonyl (C=O) groups excluding carboxylic acids is 2. The summed E-state index contributed by atoms with van der Waals surface area (Å²) >= 11 is 0. The van der Waals surface area contributed by atoms with Crippen molar-refractivity contribution in [2.24, 2.45) is 0 Å². The van der Waals surface area contributed by atoms with Gasteiger partial charge < -0.3 is 10.4 Å². The highest BCUT2D eigenvalue weighted by atomic mass is 16.4. The Kier molecular flexibility index (Phi) is 5.09. The van der Waals surface area contributed by atoms with Crippen molar-refractivity contribution in [2.45, 2.75) is 38.6 Å². The van der Waals surface area contributed by atoms with Crippen molar-refractivity contribution in [1.82, 2.24) is 10.2 Å². The highest BCUT2D eigenvalue weighted by Gasteiger charge is 2.40. The number of imide groups is 1. The Bertz CT molecular complexity index is 317. The first-order valence-corrected chi connectivity index (χ1v) is 5.85. The third-order valence-corrected chi connectivity index (χ3v) is 2.70. The quantitative estimate of drug-likeness (QED) is 0.372. The summed E-state index contributed by atoms with van der Waals surface area (Å²) in [5, 5.41) is 11.5. The van der Waals surface area contributed by atoms with Gasteiger partial charge in [-0.1, -0.05) is 19.8 Å². The van der Waals surface area contributed by atoms with E-state index in [0.717, 1.165) is 30.7 Å². The van der Waals surface area contributed by atoms with Gasteiger partial charge in [-0.25, -0.2) is 0 Å². The minimum atomic E-state index is -1.21. The molecule has 2 amide bonds. The van der Waals surface area contributed by atoms with E-state index in [1.54, 1.807) is 0 Å². The molecule has 0 aromatic heterocycles. The second-order valence-corrected chi connectivity index (χ2v) is 4.13. The maximum Gasteiger partial charge on any atom is 0.312 e. The van der Waals surface area contributed by atoms with Crippen LogP contribution in [-0.2, 0) is 14.4 Å². The van der Waals surface area contributed by atoms with Gasteiger partial charge in [0, 0.05) is 0 Å². The topological polar surface area (TPSA) is 86.7 Å². The van der Waals surface area contributed by atoms with E-state index in [0.29, 0.717) is 0 Å². The fourth-order valence-electron chi connectivity index (χ4n) is 1.68. The van der Waals surface area contributed by atoms with Crippen molar-refractivity contribution in [1.29, 1.82) is 0 Å². The zero-order valence-electron chi connectivity index (χ0n) is 9.94. The molecule has 0 aromatic rings. The molecule has 6 heteroatoms. The zero-order valence-corrected chi connectivity index (χ0v) is 9.94. The second-order valence-electron chi connectivity index (χ2n) is 4.13. The van der Waals surface area contributed by atoms with Crippen molar-refractivity contribution in [3.8, 4) is 0 Å². The maximum absolute atomic E-state index is 11.5. The molecule has 2 N–H and O–H groups in total. The van der Waals surface area contributed by atoms with Gasteiger partial charge in [0.2, 0.25) is 11.8 Å². The molecule has 0 bridgehead atoms. The van der Waals surface area contributed by atoms with Gasteiger partial charge in [-0.3, -0.25) is 19.3 Å². The number of likely N-dealkylation sites (tertiary alicyclic amines) is 1. The lowest BCUT2D eigenvalue weighted by Crippen LogP contribution is -2.64. The molecule has 0 aliphatic carbocycles. The number of carboxylic acids is 1. The molecule has 96 valence electrons. The van der Waals surface area contributed by atoms with Crippen molar-refractivity contribution >= 4 is 17.8 Å². The Morgan fingerprint density at radius 1 is 1.47 bits per heavy atom. The molecule has 0 radical (unpaired) electrons. The second kappa shape index (κ2) is 6.34. The Labute approximate surface area is 100.0 Å². The largest absolute Gasteiger partial charge is 0.481 e. The van der Waals surface area contributed by atoms with Gasteiger partial charge in [0.1, 0.15) is 12.5 Å². The Balaban J connectivity index is 2.22. The van der Waals surface area contributed by atoms with Crippen LogP contribution in [0.5, 0.6) is 0 Å². The molecule has 1 fully saturated rings. The van der Waals surface area contributed by atoms with Crippen molar-refractivity contribution in [3.05, 3.63) is 0 Å². The third kappa shape index (κ3) is 3.81. The van der Waals surface area contributed by atoms with Gasteiger partial charge >= 0.3 is 5.97 Å². The minimum Gasteiger partial charge on any atom is -0.481 e. The number of hydrogen-bond donors (Lipinski definition) is 2. The number of rotatable bonds is 7. The molecule has 6 nitrogen and oxygen atoms in total. The molecule has 1 aliphatic heterocycles. The van der Waals surface area contributed by atoms with Gasteiger partial charge in [-0.2, -0.15) is 0 Å². The van der Waals surface area contributed by atoms with Gasteiger partial charge in [-0.05, 0) is 13.0 Å². The summed E-state index contributed by atoms with van der Waals surface area (Å²) in [7, 11) is 0. The van der Waals surface area contributed by atoms with Crippen LogP contribution in [-0.4, -0.2) is 46.9 Å². The lowest BCUT2D eigenvalue weighted by atomic mass is 10.1. The highest BCUT2D eigenvalue weighted by Crippen LogP contribution is 2.12. The maximum atomic E-state index is 11.5. The number of β-lactam (4-membered cyclic amide) rings is 1. The number of unbranched alkanes of at least 4 members (excludes halogenated alkanes) is 2. The molecule has 1 aliphatic rings. The summed E-state index contributed by atoms with van der Waals surface area (Å²) in [6.45, 7) is 3.14. The lowest BCUT2D eigenvalue weighted by molar-refractivity contribution is -0.157. The van der Waals surface area contributed by atoms with Crippen LogP contribution in [0.4, 0.5) is 0 Å². The van der Waals surface area contributed by atoms with Crippen molar-refractivity contribution < 1.29 is 19.5 Å². The molecule has 1 heterocycles. The summed E-state index contributed by atoms with van der Waals surface area (Å²) in [4.78, 5) is 34.1. The Morgan fingerprint density at radius 3 is 2.71 bits per heavy atom. The summed E-state index contributed by atoms with van der Waals surface area (Å²) in [6, 6.07) is -0.315. The zero-order chi connectivity index (χ0) is 12.8. The summed E-state index contributed by atoms with van der Waals surface area (Å²) in [6.07, 6.45) is 2.61. The van der Waals surface area contributed by atoms with Gasteiger partial charge in [0.15, 0.2) is 0 Å². The average Bonchev–Trinajstić information content (AvgIpc) is 2.25. The number of carboxylic acid groups (broad SMARTS) is 1. The summed E-state index contributed by atoms with van der Waals surface area (Å²) in [5.74, 6) is -2.15. The number of nitrogens with one attached hydrogen (secondary N) is 1. The number of nitrogens with zero attached hydrogens (tertiary/aromatic N) is 1. The van der Waals surface area contributed by atoms with E-state index in [1.807, 2.05) is 0 Å². The van der Waals surface area contributed by atoms with Crippen molar-refractivity contribution in [2.75, 3.05) is 13.1 Å². The van der Waals surface area contributed by atoms with E-state index in [1.165, 1.54) is 0 Å². The van der Waals surface area contributed by atoms with Gasteiger partial charge in [-0.15, -0.1) is 0 Å². The lowest BCUT2D eigenvalue weighted by Gasteiger charge is -2.36. The standard InChI is InChI=1S/C11H18N2O4/c1-2-3-4-5-12-8-7-13(11(8)17)9(14)6-10(15)16/h8,12H,2-7H2,1H3,(H,15,16). The predicted octanol–water partition coefficient (Wildman–Crippen LogP) is -0.0217. The van der Waals surface area contributed by atoms with Crippen molar-refractivity contribution in [3.63, 3.8) is 0 Å².